The standard InChI is InChI=1S/C27H36N2O6/c1-18-22(16-23(33-4)19(2)24(18)34-5)20(3)29(14-15-35-17-21-10-7-6-8-11-21)26(32)28-27(25(30)31)12-9-13-27/h6-8,10-11,16,20H,9,12-15,17H2,1-5H3,(H,28,32)(H,30,31). The van der Waals surface area contributed by atoms with Crippen molar-refractivity contribution >= 4 is 12.0 Å². The maximum absolute atomic E-state index is 13.5. The molecule has 190 valence electrons. The van der Waals surface area contributed by atoms with Gasteiger partial charge in [-0.3, -0.25) is 0 Å². The largest absolute Gasteiger partial charge is 0.496 e. The highest BCUT2D eigenvalue weighted by molar-refractivity contribution is 5.87. The number of carboxylic acid groups (broad SMARTS) is 1. The predicted octanol–water partition coefficient (Wildman–Crippen LogP) is 4.62. The van der Waals surface area contributed by atoms with Crippen molar-refractivity contribution in [2.24, 2.45) is 0 Å². The molecular formula is C27H36N2O6. The number of nitrogens with one attached hydrogen (secondary N) is 1. The molecule has 2 aromatic rings. The highest BCUT2D eigenvalue weighted by Crippen LogP contribution is 2.38. The van der Waals surface area contributed by atoms with Crippen LogP contribution in [-0.2, 0) is 16.1 Å². The van der Waals surface area contributed by atoms with Crippen LogP contribution in [0.25, 0.3) is 0 Å². The van der Waals surface area contributed by atoms with E-state index in [0.717, 1.165) is 28.7 Å². The molecule has 0 spiro atoms. The van der Waals surface area contributed by atoms with Crippen LogP contribution >= 0.6 is 0 Å². The van der Waals surface area contributed by atoms with Gasteiger partial charge in [-0.1, -0.05) is 30.3 Å². The van der Waals surface area contributed by atoms with Gasteiger partial charge in [-0.2, -0.15) is 0 Å². The third-order valence-corrected chi connectivity index (χ3v) is 6.92. The van der Waals surface area contributed by atoms with Crippen molar-refractivity contribution in [2.75, 3.05) is 27.4 Å². The predicted molar refractivity (Wildman–Crippen MR) is 133 cm³/mol. The van der Waals surface area contributed by atoms with Crippen molar-refractivity contribution in [3.8, 4) is 11.5 Å². The Labute approximate surface area is 207 Å². The lowest BCUT2D eigenvalue weighted by atomic mass is 9.77. The van der Waals surface area contributed by atoms with E-state index in [1.54, 1.807) is 19.1 Å². The van der Waals surface area contributed by atoms with Gasteiger partial charge in [0.15, 0.2) is 0 Å². The molecule has 1 aliphatic rings. The molecule has 1 fully saturated rings. The Bertz CT molecular complexity index is 1040. The average Bonchev–Trinajstić information content (AvgIpc) is 2.82. The van der Waals surface area contributed by atoms with Crippen molar-refractivity contribution < 1.29 is 28.9 Å². The van der Waals surface area contributed by atoms with Gasteiger partial charge in [0.2, 0.25) is 0 Å². The molecule has 8 nitrogen and oxygen atoms in total. The lowest BCUT2D eigenvalue weighted by Gasteiger charge is -2.41. The second-order valence-electron chi connectivity index (χ2n) is 9.03. The lowest BCUT2D eigenvalue weighted by molar-refractivity contribution is -0.148. The summed E-state index contributed by atoms with van der Waals surface area (Å²) >= 11 is 0. The van der Waals surface area contributed by atoms with Gasteiger partial charge >= 0.3 is 12.0 Å². The molecule has 2 aromatic carbocycles. The molecule has 0 radical (unpaired) electrons. The zero-order valence-corrected chi connectivity index (χ0v) is 21.2. The van der Waals surface area contributed by atoms with Crippen molar-refractivity contribution in [1.29, 1.82) is 0 Å². The number of carbonyl (C=O) groups excluding carboxylic acids is 1. The summed E-state index contributed by atoms with van der Waals surface area (Å²) in [5.41, 5.74) is 2.47. The number of rotatable bonds is 11. The Morgan fingerprint density at radius 2 is 1.80 bits per heavy atom. The van der Waals surface area contributed by atoms with Crippen LogP contribution in [0, 0.1) is 13.8 Å². The first kappa shape index (κ1) is 26.3. The normalized spacial score (nSPS) is 15.0. The minimum Gasteiger partial charge on any atom is -0.496 e. The maximum atomic E-state index is 13.5. The van der Waals surface area contributed by atoms with Crippen LogP contribution in [0.3, 0.4) is 0 Å². The second-order valence-corrected chi connectivity index (χ2v) is 9.03. The van der Waals surface area contributed by atoms with Crippen molar-refractivity contribution in [3.05, 3.63) is 58.7 Å². The molecule has 0 heterocycles. The Morgan fingerprint density at radius 3 is 2.34 bits per heavy atom. The van der Waals surface area contributed by atoms with Crippen LogP contribution in [0.2, 0.25) is 0 Å². The molecule has 1 aliphatic carbocycles. The van der Waals surface area contributed by atoms with Gasteiger partial charge in [0.25, 0.3) is 0 Å². The maximum Gasteiger partial charge on any atom is 0.329 e. The third-order valence-electron chi connectivity index (χ3n) is 6.92. The molecule has 0 aliphatic heterocycles. The van der Waals surface area contributed by atoms with Crippen LogP contribution in [0.4, 0.5) is 4.79 Å². The molecule has 1 atom stereocenters. The Morgan fingerprint density at radius 1 is 1.11 bits per heavy atom. The molecule has 2 amide bonds. The van der Waals surface area contributed by atoms with Crippen LogP contribution in [0.1, 0.15) is 54.5 Å². The van der Waals surface area contributed by atoms with E-state index in [9.17, 15) is 14.7 Å². The molecule has 1 saturated carbocycles. The highest BCUT2D eigenvalue weighted by atomic mass is 16.5. The number of carbonyl (C=O) groups is 2. The zero-order chi connectivity index (χ0) is 25.6. The molecular weight excluding hydrogens is 448 g/mol. The summed E-state index contributed by atoms with van der Waals surface area (Å²) in [6.45, 7) is 6.80. The minimum absolute atomic E-state index is 0.285. The molecule has 8 heteroatoms. The second kappa shape index (κ2) is 11.4. The number of methoxy groups -OCH3 is 2. The van der Waals surface area contributed by atoms with Crippen LogP contribution in [-0.4, -0.2) is 54.9 Å². The fraction of sp³-hybridized carbons (Fsp3) is 0.481. The van der Waals surface area contributed by atoms with Crippen molar-refractivity contribution in [1.82, 2.24) is 10.2 Å². The van der Waals surface area contributed by atoms with Crippen LogP contribution in [0.5, 0.6) is 11.5 Å². The number of benzene rings is 2. The van der Waals surface area contributed by atoms with Gasteiger partial charge in [-0.15, -0.1) is 0 Å². The SMILES string of the molecule is COc1cc(C(C)N(CCOCc2ccccc2)C(=O)NC2(C(=O)O)CCC2)c(C)c(OC)c1C. The number of carboxylic acids is 1. The molecule has 0 bridgehead atoms. The number of hydrogen-bond donors (Lipinski definition) is 2. The molecule has 35 heavy (non-hydrogen) atoms. The van der Waals surface area contributed by atoms with E-state index in [1.165, 1.54) is 0 Å². The summed E-state index contributed by atoms with van der Waals surface area (Å²) in [6, 6.07) is 10.9. The zero-order valence-electron chi connectivity index (χ0n) is 21.2. The van der Waals surface area contributed by atoms with Gasteiger partial charge in [-0.05, 0) is 62.8 Å². The average molecular weight is 485 g/mol. The molecule has 0 aromatic heterocycles. The lowest BCUT2D eigenvalue weighted by Crippen LogP contribution is -2.62. The first-order valence-corrected chi connectivity index (χ1v) is 11.9. The smallest absolute Gasteiger partial charge is 0.329 e. The monoisotopic (exact) mass is 484 g/mol. The summed E-state index contributed by atoms with van der Waals surface area (Å²) in [7, 11) is 3.21. The number of hydrogen-bond acceptors (Lipinski definition) is 5. The van der Waals surface area contributed by atoms with E-state index >= 15 is 0 Å². The van der Waals surface area contributed by atoms with Crippen LogP contribution in [0.15, 0.2) is 36.4 Å². The van der Waals surface area contributed by atoms with Crippen molar-refractivity contribution in [2.45, 2.75) is 58.2 Å². The summed E-state index contributed by atoms with van der Waals surface area (Å²) in [5, 5.41) is 12.5. The quantitative estimate of drug-likeness (QED) is 0.452. The first-order chi connectivity index (χ1) is 16.7. The van der Waals surface area contributed by atoms with Crippen molar-refractivity contribution in [3.63, 3.8) is 0 Å². The van der Waals surface area contributed by atoms with E-state index in [-0.39, 0.29) is 12.6 Å². The Kier molecular flexibility index (Phi) is 8.62. The highest BCUT2D eigenvalue weighted by Gasteiger charge is 2.46. The van der Waals surface area contributed by atoms with E-state index in [0.29, 0.717) is 37.6 Å². The number of nitrogens with zero attached hydrogens (tertiary/aromatic N) is 1. The molecule has 3 rings (SSSR count). The fourth-order valence-corrected chi connectivity index (χ4v) is 4.60. The summed E-state index contributed by atoms with van der Waals surface area (Å²) in [5.74, 6) is 0.365. The molecule has 2 N–H and O–H groups in total. The topological polar surface area (TPSA) is 97.3 Å². The number of ether oxygens (including phenoxy) is 3. The fourth-order valence-electron chi connectivity index (χ4n) is 4.60. The Hall–Kier alpha value is -3.26. The van der Waals surface area contributed by atoms with E-state index < -0.39 is 17.5 Å². The van der Waals surface area contributed by atoms with Gasteiger partial charge in [0.1, 0.15) is 17.0 Å². The molecule has 1 unspecified atom stereocenters. The number of urea groups is 1. The van der Waals surface area contributed by atoms with Crippen LogP contribution < -0.4 is 14.8 Å². The van der Waals surface area contributed by atoms with Gasteiger partial charge in [0.05, 0.1) is 33.5 Å². The van der Waals surface area contributed by atoms with E-state index in [1.807, 2.05) is 57.2 Å². The third kappa shape index (κ3) is 5.70. The van der Waals surface area contributed by atoms with Gasteiger partial charge in [0, 0.05) is 12.1 Å². The summed E-state index contributed by atoms with van der Waals surface area (Å²) < 4.78 is 17.0. The van der Waals surface area contributed by atoms with E-state index in [2.05, 4.69) is 5.32 Å². The van der Waals surface area contributed by atoms with E-state index in [4.69, 9.17) is 14.2 Å². The Balaban J connectivity index is 1.85. The number of amides is 2. The first-order valence-electron chi connectivity index (χ1n) is 11.9. The minimum atomic E-state index is -1.21. The van der Waals surface area contributed by atoms with Gasteiger partial charge < -0.3 is 29.5 Å². The summed E-state index contributed by atoms with van der Waals surface area (Å²) in [4.78, 5) is 27.0. The molecule has 0 saturated heterocycles. The number of aliphatic carboxylic acids is 1. The van der Waals surface area contributed by atoms with Gasteiger partial charge in [-0.25, -0.2) is 9.59 Å². The summed E-state index contributed by atoms with van der Waals surface area (Å²) in [6.07, 6.45) is 1.62.